The lowest BCUT2D eigenvalue weighted by Gasteiger charge is -2.43. The Bertz CT molecular complexity index is 796. The lowest BCUT2D eigenvalue weighted by molar-refractivity contribution is -0.147. The summed E-state index contributed by atoms with van der Waals surface area (Å²) in [6.07, 6.45) is 2.03. The molecular weight excluding hydrogens is 394 g/mol. The highest BCUT2D eigenvalue weighted by Gasteiger charge is 2.41. The molecule has 1 aliphatic carbocycles. The summed E-state index contributed by atoms with van der Waals surface area (Å²) in [6, 6.07) is 5.94. The predicted molar refractivity (Wildman–Crippen MR) is 121 cm³/mol. The van der Waals surface area contributed by atoms with E-state index in [2.05, 4.69) is 10.6 Å². The van der Waals surface area contributed by atoms with Crippen molar-refractivity contribution in [3.8, 4) is 0 Å². The van der Waals surface area contributed by atoms with Crippen molar-refractivity contribution in [1.29, 1.82) is 0 Å². The Morgan fingerprint density at radius 2 is 1.68 bits per heavy atom. The van der Waals surface area contributed by atoms with Crippen LogP contribution in [0.2, 0.25) is 0 Å². The van der Waals surface area contributed by atoms with Gasteiger partial charge >= 0.3 is 6.09 Å². The van der Waals surface area contributed by atoms with Gasteiger partial charge in [0.1, 0.15) is 17.7 Å². The van der Waals surface area contributed by atoms with Crippen LogP contribution in [0.5, 0.6) is 0 Å². The van der Waals surface area contributed by atoms with Crippen LogP contribution < -0.4 is 10.6 Å². The highest BCUT2D eigenvalue weighted by atomic mass is 16.6. The van der Waals surface area contributed by atoms with Gasteiger partial charge in [-0.15, -0.1) is 0 Å². The fourth-order valence-corrected chi connectivity index (χ4v) is 3.63. The highest BCUT2D eigenvalue weighted by molar-refractivity contribution is 5.92. The molecule has 1 saturated carbocycles. The minimum absolute atomic E-state index is 0.0436. The number of carbonyl (C=O) groups is 3. The van der Waals surface area contributed by atoms with E-state index in [1.54, 1.807) is 32.6 Å². The van der Waals surface area contributed by atoms with Crippen molar-refractivity contribution in [2.75, 3.05) is 0 Å². The van der Waals surface area contributed by atoms with Crippen LogP contribution in [0.1, 0.15) is 78.0 Å². The molecule has 0 heterocycles. The van der Waals surface area contributed by atoms with E-state index in [9.17, 15) is 14.4 Å². The number of rotatable bonds is 7. The van der Waals surface area contributed by atoms with Gasteiger partial charge in [-0.1, -0.05) is 24.3 Å². The monoisotopic (exact) mass is 431 g/mol. The molecule has 1 aromatic rings. The molecule has 172 valence electrons. The fourth-order valence-electron chi connectivity index (χ4n) is 3.63. The second-order valence-corrected chi connectivity index (χ2v) is 9.62. The Balaban J connectivity index is 2.37. The van der Waals surface area contributed by atoms with Crippen molar-refractivity contribution < 1.29 is 19.1 Å². The summed E-state index contributed by atoms with van der Waals surface area (Å²) < 4.78 is 5.30. The highest BCUT2D eigenvalue weighted by Crippen LogP contribution is 2.34. The molecule has 3 amide bonds. The zero-order valence-electron chi connectivity index (χ0n) is 19.8. The molecule has 0 aliphatic heterocycles. The first-order chi connectivity index (χ1) is 14.4. The van der Waals surface area contributed by atoms with E-state index < -0.39 is 23.8 Å². The van der Waals surface area contributed by atoms with Gasteiger partial charge in [0.05, 0.1) is 0 Å². The SMILES string of the molecule is Cc1ccccc1C(C(=O)NC(C)C)N(C(=O)C(C)NC(=O)OC(C)(C)C)C1CCC1. The Kier molecular flexibility index (Phi) is 8.09. The van der Waals surface area contributed by atoms with Gasteiger partial charge in [0.2, 0.25) is 11.8 Å². The number of amides is 3. The number of ether oxygens (including phenoxy) is 1. The van der Waals surface area contributed by atoms with E-state index in [0.29, 0.717) is 0 Å². The maximum absolute atomic E-state index is 13.6. The van der Waals surface area contributed by atoms with Gasteiger partial charge in [-0.2, -0.15) is 0 Å². The van der Waals surface area contributed by atoms with Crippen LogP contribution in [0.3, 0.4) is 0 Å². The third kappa shape index (κ3) is 6.71. The molecule has 0 aromatic heterocycles. The van der Waals surface area contributed by atoms with Gasteiger partial charge in [-0.25, -0.2) is 4.79 Å². The summed E-state index contributed by atoms with van der Waals surface area (Å²) in [6.45, 7) is 12.7. The molecule has 1 fully saturated rings. The van der Waals surface area contributed by atoms with E-state index in [0.717, 1.165) is 30.4 Å². The zero-order valence-corrected chi connectivity index (χ0v) is 19.8. The van der Waals surface area contributed by atoms with Crippen molar-refractivity contribution in [3.63, 3.8) is 0 Å². The molecule has 1 aromatic carbocycles. The van der Waals surface area contributed by atoms with E-state index >= 15 is 0 Å². The van der Waals surface area contributed by atoms with Crippen LogP contribution in [-0.2, 0) is 14.3 Å². The molecule has 31 heavy (non-hydrogen) atoms. The fraction of sp³-hybridized carbons (Fsp3) is 0.625. The number of hydrogen-bond acceptors (Lipinski definition) is 4. The third-order valence-electron chi connectivity index (χ3n) is 5.27. The Morgan fingerprint density at radius 1 is 1.06 bits per heavy atom. The molecule has 7 heteroatoms. The number of benzene rings is 1. The number of nitrogens with zero attached hydrogens (tertiary/aromatic N) is 1. The Hall–Kier alpha value is -2.57. The zero-order chi connectivity index (χ0) is 23.3. The number of alkyl carbamates (subject to hydrolysis) is 1. The van der Waals surface area contributed by atoms with Crippen molar-refractivity contribution >= 4 is 17.9 Å². The van der Waals surface area contributed by atoms with Crippen molar-refractivity contribution in [1.82, 2.24) is 15.5 Å². The largest absolute Gasteiger partial charge is 0.444 e. The summed E-state index contributed by atoms with van der Waals surface area (Å²) in [4.78, 5) is 40.8. The van der Waals surface area contributed by atoms with Crippen molar-refractivity contribution in [3.05, 3.63) is 35.4 Å². The van der Waals surface area contributed by atoms with Gasteiger partial charge in [0.25, 0.3) is 0 Å². The molecule has 0 spiro atoms. The quantitative estimate of drug-likeness (QED) is 0.686. The summed E-state index contributed by atoms with van der Waals surface area (Å²) in [7, 11) is 0. The van der Waals surface area contributed by atoms with Crippen LogP contribution in [0, 0.1) is 6.92 Å². The first-order valence-corrected chi connectivity index (χ1v) is 11.1. The molecule has 7 nitrogen and oxygen atoms in total. The average Bonchev–Trinajstić information content (AvgIpc) is 2.58. The summed E-state index contributed by atoms with van der Waals surface area (Å²) in [5.74, 6) is -0.503. The molecular formula is C24H37N3O4. The van der Waals surface area contributed by atoms with Gasteiger partial charge in [-0.3, -0.25) is 9.59 Å². The van der Waals surface area contributed by atoms with E-state index in [-0.39, 0.29) is 23.9 Å². The van der Waals surface area contributed by atoms with Gasteiger partial charge in [0, 0.05) is 12.1 Å². The average molecular weight is 432 g/mol. The Labute approximate surface area is 185 Å². The van der Waals surface area contributed by atoms with E-state index in [1.165, 1.54) is 0 Å². The van der Waals surface area contributed by atoms with Crippen molar-refractivity contribution in [2.45, 2.75) is 97.5 Å². The van der Waals surface area contributed by atoms with Crippen molar-refractivity contribution in [2.24, 2.45) is 0 Å². The first-order valence-electron chi connectivity index (χ1n) is 11.1. The molecule has 1 aliphatic rings. The molecule has 2 atom stereocenters. The van der Waals surface area contributed by atoms with Gasteiger partial charge < -0.3 is 20.3 Å². The standard InChI is InChI=1S/C24H37N3O4/c1-15(2)25-21(28)20(19-14-9-8-11-16(19)3)27(18-12-10-13-18)22(29)17(4)26-23(30)31-24(5,6)7/h8-9,11,14-15,17-18,20H,10,12-13H2,1-7H3,(H,25,28)(H,26,30). The lowest BCUT2D eigenvalue weighted by atomic mass is 9.87. The summed E-state index contributed by atoms with van der Waals surface area (Å²) >= 11 is 0. The summed E-state index contributed by atoms with van der Waals surface area (Å²) in [5, 5.41) is 5.61. The lowest BCUT2D eigenvalue weighted by Crippen LogP contribution is -2.57. The minimum atomic E-state index is -0.825. The van der Waals surface area contributed by atoms with Gasteiger partial charge in [0.15, 0.2) is 0 Å². The number of carbonyl (C=O) groups excluding carboxylic acids is 3. The second kappa shape index (κ2) is 10.2. The van der Waals surface area contributed by atoms with Gasteiger partial charge in [-0.05, 0) is 78.9 Å². The smallest absolute Gasteiger partial charge is 0.408 e. The Morgan fingerprint density at radius 3 is 2.16 bits per heavy atom. The predicted octanol–water partition coefficient (Wildman–Crippen LogP) is 3.86. The molecule has 2 rings (SSSR count). The number of hydrogen-bond donors (Lipinski definition) is 2. The summed E-state index contributed by atoms with van der Waals surface area (Å²) in [5.41, 5.74) is 1.07. The number of aryl methyl sites for hydroxylation is 1. The van der Waals surface area contributed by atoms with E-state index in [1.807, 2.05) is 45.0 Å². The van der Waals surface area contributed by atoms with Crippen LogP contribution in [0.15, 0.2) is 24.3 Å². The maximum Gasteiger partial charge on any atom is 0.408 e. The van der Waals surface area contributed by atoms with Crippen LogP contribution >= 0.6 is 0 Å². The van der Waals surface area contributed by atoms with Crippen LogP contribution in [0.25, 0.3) is 0 Å². The molecule has 0 saturated heterocycles. The topological polar surface area (TPSA) is 87.7 Å². The first kappa shape index (κ1) is 24.7. The third-order valence-corrected chi connectivity index (χ3v) is 5.27. The van der Waals surface area contributed by atoms with Crippen LogP contribution in [0.4, 0.5) is 4.79 Å². The van der Waals surface area contributed by atoms with Crippen LogP contribution in [-0.4, -0.2) is 46.5 Å². The maximum atomic E-state index is 13.6. The second-order valence-electron chi connectivity index (χ2n) is 9.62. The molecule has 2 unspecified atom stereocenters. The normalized spacial score (nSPS) is 16.1. The molecule has 0 bridgehead atoms. The molecule has 0 radical (unpaired) electrons. The number of nitrogens with one attached hydrogen (secondary N) is 2. The van der Waals surface area contributed by atoms with E-state index in [4.69, 9.17) is 4.74 Å². The minimum Gasteiger partial charge on any atom is -0.444 e. The molecule has 2 N–H and O–H groups in total.